The van der Waals surface area contributed by atoms with Crippen LogP contribution in [0.1, 0.15) is 0 Å². The lowest BCUT2D eigenvalue weighted by molar-refractivity contribution is 0.278. The highest BCUT2D eigenvalue weighted by Crippen LogP contribution is 2.25. The highest BCUT2D eigenvalue weighted by atomic mass is 16.3. The molecular formula is C18H16N4O2. The normalized spacial score (nSPS) is 11.2. The third kappa shape index (κ3) is 2.43. The summed E-state index contributed by atoms with van der Waals surface area (Å²) in [5.41, 5.74) is 3.73. The zero-order valence-corrected chi connectivity index (χ0v) is 12.9. The number of aromatic hydroxyl groups is 1. The summed E-state index contributed by atoms with van der Waals surface area (Å²) in [5.74, 6) is 1.02. The third-order valence-corrected chi connectivity index (χ3v) is 3.99. The van der Waals surface area contributed by atoms with Crippen molar-refractivity contribution in [2.24, 2.45) is 0 Å². The first-order valence-corrected chi connectivity index (χ1v) is 7.65. The summed E-state index contributed by atoms with van der Waals surface area (Å²) in [6, 6.07) is 13.0. The number of rotatable bonds is 4. The second-order valence-electron chi connectivity index (χ2n) is 5.50. The number of hydrogen-bond donors (Lipinski definition) is 2. The molecule has 24 heavy (non-hydrogen) atoms. The van der Waals surface area contributed by atoms with Crippen LogP contribution in [0.3, 0.4) is 0 Å². The average Bonchev–Trinajstić information content (AvgIpc) is 3.23. The Morgan fingerprint density at radius 3 is 2.62 bits per heavy atom. The molecule has 120 valence electrons. The van der Waals surface area contributed by atoms with Gasteiger partial charge in [-0.05, 0) is 42.5 Å². The minimum absolute atomic E-state index is 0.0831. The van der Waals surface area contributed by atoms with E-state index in [9.17, 15) is 5.11 Å². The third-order valence-electron chi connectivity index (χ3n) is 3.99. The number of benzene rings is 2. The van der Waals surface area contributed by atoms with Crippen LogP contribution in [0.25, 0.3) is 28.1 Å². The number of aliphatic hydroxyl groups excluding tert-OH is 1. The summed E-state index contributed by atoms with van der Waals surface area (Å²) in [4.78, 5) is 8.84. The number of imidazole rings is 2. The number of fused-ring (bicyclic) bond motifs is 1. The van der Waals surface area contributed by atoms with E-state index in [2.05, 4.69) is 9.97 Å². The zero-order valence-electron chi connectivity index (χ0n) is 12.9. The molecule has 2 aromatic heterocycles. The Labute approximate surface area is 138 Å². The lowest BCUT2D eigenvalue weighted by atomic mass is 10.2. The Kier molecular flexibility index (Phi) is 3.51. The van der Waals surface area contributed by atoms with E-state index in [0.717, 1.165) is 28.1 Å². The molecule has 0 spiro atoms. The fourth-order valence-corrected chi connectivity index (χ4v) is 2.82. The van der Waals surface area contributed by atoms with Gasteiger partial charge in [-0.1, -0.05) is 0 Å². The lowest BCUT2D eigenvalue weighted by Crippen LogP contribution is -2.00. The summed E-state index contributed by atoms with van der Waals surface area (Å²) in [5, 5.41) is 18.6. The van der Waals surface area contributed by atoms with Gasteiger partial charge in [-0.2, -0.15) is 0 Å². The number of aromatic nitrogens is 4. The van der Waals surface area contributed by atoms with Crippen molar-refractivity contribution < 1.29 is 10.2 Å². The molecule has 2 aromatic carbocycles. The Morgan fingerprint density at radius 1 is 1.00 bits per heavy atom. The number of nitrogens with zero attached hydrogens (tertiary/aromatic N) is 4. The zero-order chi connectivity index (χ0) is 16.5. The first-order chi connectivity index (χ1) is 11.8. The number of phenols is 1. The van der Waals surface area contributed by atoms with Crippen LogP contribution in [-0.4, -0.2) is 35.9 Å². The van der Waals surface area contributed by atoms with Crippen molar-refractivity contribution in [1.82, 2.24) is 19.1 Å². The molecule has 4 aromatic rings. The van der Waals surface area contributed by atoms with Crippen molar-refractivity contribution in [2.45, 2.75) is 6.54 Å². The molecule has 0 amide bonds. The van der Waals surface area contributed by atoms with Crippen molar-refractivity contribution in [3.63, 3.8) is 0 Å². The molecule has 0 fully saturated rings. The quantitative estimate of drug-likeness (QED) is 0.606. The van der Waals surface area contributed by atoms with Crippen molar-refractivity contribution >= 4 is 11.0 Å². The van der Waals surface area contributed by atoms with Gasteiger partial charge in [-0.15, -0.1) is 0 Å². The molecule has 0 aliphatic carbocycles. The monoisotopic (exact) mass is 320 g/mol. The van der Waals surface area contributed by atoms with Crippen LogP contribution in [0.4, 0.5) is 0 Å². The molecule has 6 heteroatoms. The highest BCUT2D eigenvalue weighted by Gasteiger charge is 2.10. The van der Waals surface area contributed by atoms with E-state index in [4.69, 9.17) is 5.11 Å². The molecule has 6 nitrogen and oxygen atoms in total. The van der Waals surface area contributed by atoms with Crippen LogP contribution in [0.5, 0.6) is 5.75 Å². The molecule has 0 aliphatic heterocycles. The Balaban J connectivity index is 1.78. The summed E-state index contributed by atoms with van der Waals surface area (Å²) in [6.45, 7) is 0.611. The lowest BCUT2D eigenvalue weighted by Gasteiger charge is -2.09. The summed E-state index contributed by atoms with van der Waals surface area (Å²) >= 11 is 0. The maximum absolute atomic E-state index is 9.45. The van der Waals surface area contributed by atoms with Crippen molar-refractivity contribution in [2.75, 3.05) is 6.61 Å². The van der Waals surface area contributed by atoms with Gasteiger partial charge in [0.2, 0.25) is 0 Å². The van der Waals surface area contributed by atoms with Gasteiger partial charge >= 0.3 is 0 Å². The molecule has 4 rings (SSSR count). The molecule has 2 N–H and O–H groups in total. The van der Waals surface area contributed by atoms with Crippen molar-refractivity contribution in [3.05, 3.63) is 61.2 Å². The van der Waals surface area contributed by atoms with Crippen LogP contribution in [-0.2, 0) is 6.54 Å². The highest BCUT2D eigenvalue weighted by molar-refractivity contribution is 5.78. The van der Waals surface area contributed by atoms with E-state index in [1.165, 1.54) is 0 Å². The largest absolute Gasteiger partial charge is 0.508 e. The van der Waals surface area contributed by atoms with Gasteiger partial charge in [0.1, 0.15) is 11.6 Å². The maximum atomic E-state index is 9.45. The summed E-state index contributed by atoms with van der Waals surface area (Å²) in [6.07, 6.45) is 5.38. The standard InChI is InChI=1S/C18H16N4O2/c23-10-9-21-12-20-16-11-14(3-6-17(16)21)22-8-7-19-18(22)13-1-4-15(24)5-2-13/h1-8,11-12,23-24H,9-10H2. The fourth-order valence-electron chi connectivity index (χ4n) is 2.82. The van der Waals surface area contributed by atoms with Crippen LogP contribution in [0.2, 0.25) is 0 Å². The predicted molar refractivity (Wildman–Crippen MR) is 91.0 cm³/mol. The smallest absolute Gasteiger partial charge is 0.144 e. The van der Waals surface area contributed by atoms with E-state index in [-0.39, 0.29) is 12.4 Å². The SMILES string of the molecule is OCCn1cnc2cc(-n3ccnc3-c3ccc(O)cc3)ccc21. The van der Waals surface area contributed by atoms with Gasteiger partial charge in [-0.3, -0.25) is 4.57 Å². The van der Waals surface area contributed by atoms with E-state index in [0.29, 0.717) is 6.54 Å². The molecule has 0 bridgehead atoms. The topological polar surface area (TPSA) is 76.1 Å². The van der Waals surface area contributed by atoms with Gasteiger partial charge in [-0.25, -0.2) is 9.97 Å². The van der Waals surface area contributed by atoms with E-state index in [1.807, 2.05) is 45.7 Å². The van der Waals surface area contributed by atoms with Crippen molar-refractivity contribution in [1.29, 1.82) is 0 Å². The molecule has 0 radical (unpaired) electrons. The number of phenolic OH excluding ortho intramolecular Hbond substituents is 1. The van der Waals surface area contributed by atoms with Crippen LogP contribution < -0.4 is 0 Å². The van der Waals surface area contributed by atoms with Crippen molar-refractivity contribution in [3.8, 4) is 22.8 Å². The van der Waals surface area contributed by atoms with Crippen LogP contribution in [0, 0.1) is 0 Å². The molecule has 0 saturated heterocycles. The van der Waals surface area contributed by atoms with E-state index in [1.54, 1.807) is 24.7 Å². The van der Waals surface area contributed by atoms with Gasteiger partial charge in [0.05, 0.1) is 24.0 Å². The molecular weight excluding hydrogens is 304 g/mol. The van der Waals surface area contributed by atoms with Crippen LogP contribution >= 0.6 is 0 Å². The second kappa shape index (κ2) is 5.82. The first-order valence-electron chi connectivity index (χ1n) is 7.65. The Hall–Kier alpha value is -3.12. The summed E-state index contributed by atoms with van der Waals surface area (Å²) < 4.78 is 3.91. The Morgan fingerprint density at radius 2 is 1.83 bits per heavy atom. The van der Waals surface area contributed by atoms with Gasteiger partial charge in [0.25, 0.3) is 0 Å². The Bertz CT molecular complexity index is 986. The molecule has 2 heterocycles. The maximum Gasteiger partial charge on any atom is 0.144 e. The first kappa shape index (κ1) is 14.5. The molecule has 0 saturated carbocycles. The molecule has 0 aliphatic rings. The second-order valence-corrected chi connectivity index (χ2v) is 5.50. The molecule has 0 atom stereocenters. The van der Waals surface area contributed by atoms with E-state index >= 15 is 0 Å². The average molecular weight is 320 g/mol. The summed E-state index contributed by atoms with van der Waals surface area (Å²) in [7, 11) is 0. The van der Waals surface area contributed by atoms with Crippen LogP contribution in [0.15, 0.2) is 61.2 Å². The van der Waals surface area contributed by atoms with E-state index < -0.39 is 0 Å². The predicted octanol–water partition coefficient (Wildman–Crippen LogP) is 2.59. The minimum atomic E-state index is 0.0831. The minimum Gasteiger partial charge on any atom is -0.508 e. The number of aliphatic hydroxyl groups is 1. The van der Waals surface area contributed by atoms with Gasteiger partial charge in [0.15, 0.2) is 0 Å². The van der Waals surface area contributed by atoms with Gasteiger partial charge in [0, 0.05) is 30.2 Å². The fraction of sp³-hybridized carbons (Fsp3) is 0.111. The van der Waals surface area contributed by atoms with Gasteiger partial charge < -0.3 is 14.8 Å². The molecule has 0 unspecified atom stereocenters. The number of hydrogen-bond acceptors (Lipinski definition) is 4.